The number of alkyl halides is 2. The summed E-state index contributed by atoms with van der Waals surface area (Å²) in [5.74, 6) is -0.0978. The second kappa shape index (κ2) is 3.35. The van der Waals surface area contributed by atoms with Crippen LogP contribution in [0, 0.1) is 6.92 Å². The average molecular weight is 238 g/mol. The highest BCUT2D eigenvalue weighted by Gasteiger charge is 2.13. The lowest BCUT2D eigenvalue weighted by Gasteiger charge is -2.04. The van der Waals surface area contributed by atoms with Crippen molar-refractivity contribution in [3.05, 3.63) is 21.9 Å². The lowest BCUT2D eigenvalue weighted by molar-refractivity contribution is 0.145. The van der Waals surface area contributed by atoms with Crippen molar-refractivity contribution < 1.29 is 13.9 Å². The van der Waals surface area contributed by atoms with Crippen LogP contribution in [0.4, 0.5) is 8.78 Å². The van der Waals surface area contributed by atoms with Crippen molar-refractivity contribution in [2.24, 2.45) is 0 Å². The van der Waals surface area contributed by atoms with Gasteiger partial charge in [-0.3, -0.25) is 0 Å². The fraction of sp³-hybridized carbons (Fsp3) is 0.286. The van der Waals surface area contributed by atoms with Crippen LogP contribution in [-0.2, 0) is 0 Å². The number of aryl methyl sites for hydroxylation is 1. The van der Waals surface area contributed by atoms with Gasteiger partial charge in [0.1, 0.15) is 5.69 Å². The first-order valence-corrected chi connectivity index (χ1v) is 3.96. The Morgan fingerprint density at radius 1 is 1.58 bits per heavy atom. The molecule has 0 unspecified atom stereocenters. The van der Waals surface area contributed by atoms with Gasteiger partial charge in [-0.15, -0.1) is 0 Å². The molecule has 0 aliphatic heterocycles. The van der Waals surface area contributed by atoms with Crippen LogP contribution in [0.25, 0.3) is 0 Å². The standard InChI is InChI=1S/C7H6BrF2NO/c1-3-6(12)4(8)2-5(11-3)7(9)10/h2,7,12H,1H3. The maximum atomic E-state index is 12.1. The summed E-state index contributed by atoms with van der Waals surface area (Å²) in [6.45, 7) is 1.46. The second-order valence-electron chi connectivity index (χ2n) is 2.26. The molecule has 12 heavy (non-hydrogen) atoms. The minimum Gasteiger partial charge on any atom is -0.505 e. The molecule has 0 atom stereocenters. The maximum Gasteiger partial charge on any atom is 0.280 e. The number of pyridine rings is 1. The zero-order valence-corrected chi connectivity index (χ0v) is 7.77. The molecule has 0 fully saturated rings. The molecular formula is C7H6BrF2NO. The third-order valence-electron chi connectivity index (χ3n) is 1.36. The van der Waals surface area contributed by atoms with E-state index in [1.807, 2.05) is 0 Å². The van der Waals surface area contributed by atoms with Gasteiger partial charge in [-0.1, -0.05) is 0 Å². The van der Waals surface area contributed by atoms with Crippen LogP contribution in [0.2, 0.25) is 0 Å². The molecule has 0 spiro atoms. The zero-order valence-electron chi connectivity index (χ0n) is 6.18. The van der Waals surface area contributed by atoms with E-state index in [0.29, 0.717) is 0 Å². The molecule has 0 radical (unpaired) electrons. The number of nitrogens with zero attached hydrogens (tertiary/aromatic N) is 1. The summed E-state index contributed by atoms with van der Waals surface area (Å²) >= 11 is 2.94. The number of hydrogen-bond donors (Lipinski definition) is 1. The first kappa shape index (κ1) is 9.38. The Bertz CT molecular complexity index is 280. The van der Waals surface area contributed by atoms with Gasteiger partial charge in [-0.25, -0.2) is 13.8 Å². The molecule has 0 aromatic carbocycles. The van der Waals surface area contributed by atoms with Crippen molar-refractivity contribution in [1.82, 2.24) is 4.98 Å². The van der Waals surface area contributed by atoms with Gasteiger partial charge in [-0.05, 0) is 28.9 Å². The zero-order chi connectivity index (χ0) is 9.30. The predicted molar refractivity (Wildman–Crippen MR) is 43.3 cm³/mol. The molecule has 2 nitrogen and oxygen atoms in total. The van der Waals surface area contributed by atoms with E-state index >= 15 is 0 Å². The molecule has 0 aliphatic carbocycles. The van der Waals surface area contributed by atoms with Crippen molar-refractivity contribution >= 4 is 15.9 Å². The van der Waals surface area contributed by atoms with Crippen LogP contribution in [-0.4, -0.2) is 10.1 Å². The smallest absolute Gasteiger partial charge is 0.280 e. The van der Waals surface area contributed by atoms with Gasteiger partial charge in [-0.2, -0.15) is 0 Å². The quantitative estimate of drug-likeness (QED) is 0.815. The maximum absolute atomic E-state index is 12.1. The molecule has 1 rings (SSSR count). The number of halogens is 3. The van der Waals surface area contributed by atoms with E-state index in [-0.39, 0.29) is 21.6 Å². The van der Waals surface area contributed by atoms with Crippen molar-refractivity contribution in [3.8, 4) is 5.75 Å². The molecule has 1 N–H and O–H groups in total. The normalized spacial score (nSPS) is 10.8. The molecule has 0 bridgehead atoms. The van der Waals surface area contributed by atoms with Gasteiger partial charge in [0.25, 0.3) is 6.43 Å². The Kier molecular flexibility index (Phi) is 2.62. The van der Waals surface area contributed by atoms with E-state index < -0.39 is 6.43 Å². The number of aromatic nitrogens is 1. The monoisotopic (exact) mass is 237 g/mol. The molecule has 1 aromatic heterocycles. The molecule has 5 heteroatoms. The lowest BCUT2D eigenvalue weighted by Crippen LogP contribution is -1.93. The molecule has 0 aliphatic rings. The second-order valence-corrected chi connectivity index (χ2v) is 3.12. The Morgan fingerprint density at radius 3 is 2.58 bits per heavy atom. The van der Waals surface area contributed by atoms with E-state index in [9.17, 15) is 8.78 Å². The number of aromatic hydroxyl groups is 1. The Hall–Kier alpha value is -0.710. The highest BCUT2D eigenvalue weighted by Crippen LogP contribution is 2.29. The van der Waals surface area contributed by atoms with Crippen LogP contribution < -0.4 is 0 Å². The third kappa shape index (κ3) is 1.72. The van der Waals surface area contributed by atoms with Gasteiger partial charge < -0.3 is 5.11 Å². The largest absolute Gasteiger partial charge is 0.505 e. The van der Waals surface area contributed by atoms with E-state index in [1.54, 1.807) is 0 Å². The van der Waals surface area contributed by atoms with Crippen molar-refractivity contribution in [2.45, 2.75) is 13.3 Å². The molecule has 1 heterocycles. The minimum absolute atomic E-state index is 0.0978. The van der Waals surface area contributed by atoms with Gasteiger partial charge in [0.15, 0.2) is 5.75 Å². The van der Waals surface area contributed by atoms with Crippen molar-refractivity contribution in [3.63, 3.8) is 0 Å². The topological polar surface area (TPSA) is 33.1 Å². The van der Waals surface area contributed by atoms with E-state index in [2.05, 4.69) is 20.9 Å². The van der Waals surface area contributed by atoms with Crippen LogP contribution in [0.3, 0.4) is 0 Å². The van der Waals surface area contributed by atoms with Gasteiger partial charge in [0.05, 0.1) is 10.2 Å². The number of rotatable bonds is 1. The summed E-state index contributed by atoms with van der Waals surface area (Å²) in [7, 11) is 0. The van der Waals surface area contributed by atoms with Crippen LogP contribution in [0.5, 0.6) is 5.75 Å². The van der Waals surface area contributed by atoms with Gasteiger partial charge in [0.2, 0.25) is 0 Å². The SMILES string of the molecule is Cc1nc(C(F)F)cc(Br)c1O. The summed E-state index contributed by atoms with van der Waals surface area (Å²) in [5.41, 5.74) is -0.142. The molecule has 0 amide bonds. The summed E-state index contributed by atoms with van der Waals surface area (Å²) in [5, 5.41) is 9.16. The van der Waals surface area contributed by atoms with Crippen LogP contribution >= 0.6 is 15.9 Å². The number of hydrogen-bond acceptors (Lipinski definition) is 2. The lowest BCUT2D eigenvalue weighted by atomic mass is 10.3. The molecule has 0 saturated heterocycles. The van der Waals surface area contributed by atoms with Gasteiger partial charge in [0, 0.05) is 0 Å². The van der Waals surface area contributed by atoms with Crippen LogP contribution in [0.1, 0.15) is 17.8 Å². The summed E-state index contributed by atoms with van der Waals surface area (Å²) < 4.78 is 24.4. The first-order valence-electron chi connectivity index (χ1n) is 3.16. The van der Waals surface area contributed by atoms with E-state index in [4.69, 9.17) is 5.11 Å². The fourth-order valence-corrected chi connectivity index (χ4v) is 1.28. The summed E-state index contributed by atoms with van der Waals surface area (Å²) in [6.07, 6.45) is -2.61. The molecular weight excluding hydrogens is 232 g/mol. The molecule has 0 saturated carbocycles. The highest BCUT2D eigenvalue weighted by molar-refractivity contribution is 9.10. The molecule has 66 valence electrons. The highest BCUT2D eigenvalue weighted by atomic mass is 79.9. The molecule has 1 aromatic rings. The van der Waals surface area contributed by atoms with Crippen LogP contribution in [0.15, 0.2) is 10.5 Å². The summed E-state index contributed by atoms with van der Waals surface area (Å²) in [6, 6.07) is 1.10. The Labute approximate surface area is 76.4 Å². The Morgan fingerprint density at radius 2 is 2.17 bits per heavy atom. The van der Waals surface area contributed by atoms with E-state index in [0.717, 1.165) is 6.07 Å². The first-order chi connectivity index (χ1) is 5.52. The van der Waals surface area contributed by atoms with Gasteiger partial charge >= 0.3 is 0 Å². The van der Waals surface area contributed by atoms with E-state index in [1.165, 1.54) is 6.92 Å². The minimum atomic E-state index is -2.61. The third-order valence-corrected chi connectivity index (χ3v) is 1.97. The van der Waals surface area contributed by atoms with Crippen molar-refractivity contribution in [1.29, 1.82) is 0 Å². The fourth-order valence-electron chi connectivity index (χ4n) is 0.762. The average Bonchev–Trinajstić information content (AvgIpc) is 1.99. The van der Waals surface area contributed by atoms with Crippen molar-refractivity contribution in [2.75, 3.05) is 0 Å². The predicted octanol–water partition coefficient (Wildman–Crippen LogP) is 2.80. The Balaban J connectivity index is 3.21. The summed E-state index contributed by atoms with van der Waals surface area (Å²) in [4.78, 5) is 3.50.